The zero-order chi connectivity index (χ0) is 16.4. The summed E-state index contributed by atoms with van der Waals surface area (Å²) in [6.45, 7) is 2.87. The van der Waals surface area contributed by atoms with E-state index in [1.807, 2.05) is 11.6 Å². The number of fused-ring (bicyclic) bond motifs is 1. The fourth-order valence-corrected chi connectivity index (χ4v) is 3.83. The molecule has 2 aliphatic rings. The van der Waals surface area contributed by atoms with Crippen molar-refractivity contribution in [2.45, 2.75) is 12.8 Å². The summed E-state index contributed by atoms with van der Waals surface area (Å²) >= 11 is 1.67. The van der Waals surface area contributed by atoms with Crippen molar-refractivity contribution < 1.29 is 14.3 Å². The second-order valence-electron chi connectivity index (χ2n) is 6.05. The molecule has 7 heteroatoms. The van der Waals surface area contributed by atoms with Gasteiger partial charge in [-0.05, 0) is 37.0 Å². The fourth-order valence-electron chi connectivity index (χ4n) is 3.15. The number of rotatable bonds is 4. The highest BCUT2D eigenvalue weighted by molar-refractivity contribution is 7.13. The molecule has 0 aliphatic carbocycles. The average molecular weight is 345 g/mol. The molecule has 2 aromatic rings. The van der Waals surface area contributed by atoms with E-state index in [0.717, 1.165) is 31.1 Å². The molecule has 6 nitrogen and oxygen atoms in total. The van der Waals surface area contributed by atoms with Crippen LogP contribution in [0.4, 0.5) is 5.13 Å². The van der Waals surface area contributed by atoms with Gasteiger partial charge in [0.1, 0.15) is 0 Å². The zero-order valence-corrected chi connectivity index (χ0v) is 14.1. The molecule has 0 spiro atoms. The Balaban J connectivity index is 1.33. The number of anilines is 1. The van der Waals surface area contributed by atoms with Crippen molar-refractivity contribution in [2.24, 2.45) is 5.92 Å². The van der Waals surface area contributed by atoms with Crippen LogP contribution < -0.4 is 19.7 Å². The third-order valence-corrected chi connectivity index (χ3v) is 5.23. The van der Waals surface area contributed by atoms with Crippen molar-refractivity contribution in [3.8, 4) is 11.5 Å². The molecule has 1 atom stereocenters. The Hall–Kier alpha value is -2.28. The number of benzene rings is 1. The molecular weight excluding hydrogens is 326 g/mol. The molecule has 0 radical (unpaired) electrons. The monoisotopic (exact) mass is 345 g/mol. The molecule has 4 rings (SSSR count). The molecular formula is C17H19N3O3S. The fraction of sp³-hybridized carbons (Fsp3) is 0.412. The first kappa shape index (κ1) is 15.3. The molecule has 2 aliphatic heterocycles. The van der Waals surface area contributed by atoms with Gasteiger partial charge in [-0.25, -0.2) is 4.98 Å². The molecule has 1 aromatic heterocycles. The molecule has 1 amide bonds. The molecule has 1 N–H and O–H groups in total. The number of carbonyl (C=O) groups is 1. The minimum Gasteiger partial charge on any atom is -0.454 e. The minimum absolute atomic E-state index is 0.0697. The molecule has 1 fully saturated rings. The van der Waals surface area contributed by atoms with Gasteiger partial charge in [-0.3, -0.25) is 4.79 Å². The lowest BCUT2D eigenvalue weighted by atomic mass is 9.98. The lowest BCUT2D eigenvalue weighted by molar-refractivity contribution is 0.0945. The Morgan fingerprint density at radius 2 is 2.29 bits per heavy atom. The van der Waals surface area contributed by atoms with Crippen LogP contribution in [0, 0.1) is 5.92 Å². The lowest BCUT2D eigenvalue weighted by Crippen LogP contribution is -2.41. The number of piperidine rings is 1. The van der Waals surface area contributed by atoms with E-state index in [2.05, 4.69) is 15.2 Å². The van der Waals surface area contributed by atoms with Crippen molar-refractivity contribution >= 4 is 22.4 Å². The molecule has 126 valence electrons. The number of thiazole rings is 1. The minimum atomic E-state index is -0.0697. The van der Waals surface area contributed by atoms with Gasteiger partial charge in [-0.15, -0.1) is 11.3 Å². The summed E-state index contributed by atoms with van der Waals surface area (Å²) in [5.41, 5.74) is 0.604. The number of hydrogen-bond acceptors (Lipinski definition) is 6. The van der Waals surface area contributed by atoms with Gasteiger partial charge in [0.2, 0.25) is 6.79 Å². The smallest absolute Gasteiger partial charge is 0.251 e. The maximum Gasteiger partial charge on any atom is 0.251 e. The average Bonchev–Trinajstić information content (AvgIpc) is 3.30. The Morgan fingerprint density at radius 3 is 3.17 bits per heavy atom. The van der Waals surface area contributed by atoms with Crippen molar-refractivity contribution in [1.82, 2.24) is 10.3 Å². The van der Waals surface area contributed by atoms with Crippen LogP contribution in [0.15, 0.2) is 29.8 Å². The summed E-state index contributed by atoms with van der Waals surface area (Å²) in [6.07, 6.45) is 4.10. The molecule has 1 saturated heterocycles. The Kier molecular flexibility index (Phi) is 4.25. The normalized spacial score (nSPS) is 19.3. The van der Waals surface area contributed by atoms with Crippen LogP contribution in [0.2, 0.25) is 0 Å². The molecule has 1 unspecified atom stereocenters. The highest BCUT2D eigenvalue weighted by atomic mass is 32.1. The first-order chi connectivity index (χ1) is 11.8. The summed E-state index contributed by atoms with van der Waals surface area (Å²) in [5.74, 6) is 1.70. The van der Waals surface area contributed by atoms with Crippen LogP contribution in [0.3, 0.4) is 0 Å². The quantitative estimate of drug-likeness (QED) is 0.922. The maximum absolute atomic E-state index is 12.4. The van der Waals surface area contributed by atoms with E-state index in [1.54, 1.807) is 29.5 Å². The number of carbonyl (C=O) groups excluding carboxylic acids is 1. The van der Waals surface area contributed by atoms with E-state index < -0.39 is 0 Å². The van der Waals surface area contributed by atoms with Gasteiger partial charge in [0.25, 0.3) is 5.91 Å². The SMILES string of the molecule is O=C(NCC1CCCN(c2nccs2)C1)c1ccc2c(c1)OCO2. The van der Waals surface area contributed by atoms with Crippen molar-refractivity contribution in [3.05, 3.63) is 35.3 Å². The number of aromatic nitrogens is 1. The van der Waals surface area contributed by atoms with Gasteiger partial charge in [0.05, 0.1) is 0 Å². The molecule has 1 aromatic carbocycles. The summed E-state index contributed by atoms with van der Waals surface area (Å²) in [6, 6.07) is 5.29. The topological polar surface area (TPSA) is 63.7 Å². The van der Waals surface area contributed by atoms with E-state index in [1.165, 1.54) is 0 Å². The van der Waals surface area contributed by atoms with E-state index in [0.29, 0.717) is 29.5 Å². The largest absolute Gasteiger partial charge is 0.454 e. The number of nitrogens with one attached hydrogen (secondary N) is 1. The Bertz CT molecular complexity index is 720. The molecule has 0 bridgehead atoms. The van der Waals surface area contributed by atoms with Gasteiger partial charge in [0, 0.05) is 36.8 Å². The number of hydrogen-bond donors (Lipinski definition) is 1. The second-order valence-corrected chi connectivity index (χ2v) is 6.92. The summed E-state index contributed by atoms with van der Waals surface area (Å²) < 4.78 is 10.6. The Labute approximate surface area is 144 Å². The van der Waals surface area contributed by atoms with Crippen LogP contribution in [0.25, 0.3) is 0 Å². The molecule has 24 heavy (non-hydrogen) atoms. The van der Waals surface area contributed by atoms with E-state index in [4.69, 9.17) is 9.47 Å². The number of nitrogens with zero attached hydrogens (tertiary/aromatic N) is 2. The second kappa shape index (κ2) is 6.68. The van der Waals surface area contributed by atoms with Crippen LogP contribution >= 0.6 is 11.3 Å². The maximum atomic E-state index is 12.4. The van der Waals surface area contributed by atoms with Gasteiger partial charge >= 0.3 is 0 Å². The predicted molar refractivity (Wildman–Crippen MR) is 91.9 cm³/mol. The van der Waals surface area contributed by atoms with Gasteiger partial charge in [-0.1, -0.05) is 0 Å². The summed E-state index contributed by atoms with van der Waals surface area (Å²) in [7, 11) is 0. The first-order valence-electron chi connectivity index (χ1n) is 8.12. The van der Waals surface area contributed by atoms with Crippen LogP contribution in [0.1, 0.15) is 23.2 Å². The van der Waals surface area contributed by atoms with Gasteiger partial charge < -0.3 is 19.7 Å². The van der Waals surface area contributed by atoms with Crippen molar-refractivity contribution in [1.29, 1.82) is 0 Å². The molecule has 3 heterocycles. The van der Waals surface area contributed by atoms with E-state index >= 15 is 0 Å². The third-order valence-electron chi connectivity index (χ3n) is 4.39. The first-order valence-corrected chi connectivity index (χ1v) is 9.00. The molecule has 0 saturated carbocycles. The van der Waals surface area contributed by atoms with Gasteiger partial charge in [0.15, 0.2) is 16.6 Å². The lowest BCUT2D eigenvalue weighted by Gasteiger charge is -2.32. The zero-order valence-electron chi connectivity index (χ0n) is 13.2. The summed E-state index contributed by atoms with van der Waals surface area (Å²) in [5, 5.41) is 6.12. The van der Waals surface area contributed by atoms with Crippen molar-refractivity contribution in [3.63, 3.8) is 0 Å². The van der Waals surface area contributed by atoms with E-state index in [9.17, 15) is 4.79 Å². The van der Waals surface area contributed by atoms with Crippen LogP contribution in [0.5, 0.6) is 11.5 Å². The predicted octanol–water partition coefficient (Wildman–Crippen LogP) is 2.52. The number of ether oxygens (including phenoxy) is 2. The van der Waals surface area contributed by atoms with Crippen molar-refractivity contribution in [2.75, 3.05) is 31.3 Å². The van der Waals surface area contributed by atoms with Crippen LogP contribution in [-0.2, 0) is 0 Å². The standard InChI is InChI=1S/C17H19N3O3S/c21-16(13-3-4-14-15(8-13)23-11-22-14)19-9-12-2-1-6-20(10-12)17-18-5-7-24-17/h3-5,7-8,12H,1-2,6,9-11H2,(H,19,21). The van der Waals surface area contributed by atoms with Crippen LogP contribution in [-0.4, -0.2) is 37.3 Å². The van der Waals surface area contributed by atoms with E-state index in [-0.39, 0.29) is 12.7 Å². The number of amides is 1. The summed E-state index contributed by atoms with van der Waals surface area (Å²) in [4.78, 5) is 19.1. The highest BCUT2D eigenvalue weighted by Crippen LogP contribution is 2.32. The Morgan fingerprint density at radius 1 is 1.38 bits per heavy atom. The highest BCUT2D eigenvalue weighted by Gasteiger charge is 2.22. The third kappa shape index (κ3) is 3.17. The van der Waals surface area contributed by atoms with Gasteiger partial charge in [-0.2, -0.15) is 0 Å².